The van der Waals surface area contributed by atoms with Gasteiger partial charge < -0.3 is 0 Å². The van der Waals surface area contributed by atoms with E-state index in [0.29, 0.717) is 21.8 Å². The Balaban J connectivity index is 1.48. The molecule has 0 spiro atoms. The molecule has 1 aromatic carbocycles. The molecule has 2 aromatic heterocycles. The minimum Gasteiger partial charge on any atom is -0.273 e. The van der Waals surface area contributed by atoms with Gasteiger partial charge in [0.25, 0.3) is 15.9 Å². The molecule has 0 fully saturated rings. The summed E-state index contributed by atoms with van der Waals surface area (Å²) >= 11 is 2.38. The highest BCUT2D eigenvalue weighted by Gasteiger charge is 2.30. The van der Waals surface area contributed by atoms with Gasteiger partial charge in [-0.05, 0) is 54.4 Å². The number of hydrazine groups is 1. The van der Waals surface area contributed by atoms with E-state index in [1.807, 2.05) is 6.07 Å². The van der Waals surface area contributed by atoms with Crippen molar-refractivity contribution < 1.29 is 13.2 Å². The van der Waals surface area contributed by atoms with E-state index in [1.54, 1.807) is 12.1 Å². The minimum absolute atomic E-state index is 0.0115. The highest BCUT2D eigenvalue weighted by molar-refractivity contribution is 7.89. The van der Waals surface area contributed by atoms with Crippen molar-refractivity contribution in [3.63, 3.8) is 0 Å². The maximum atomic E-state index is 12.6. The van der Waals surface area contributed by atoms with Crippen LogP contribution in [0.4, 0.5) is 0 Å². The van der Waals surface area contributed by atoms with Gasteiger partial charge in [-0.15, -0.1) is 16.2 Å². The van der Waals surface area contributed by atoms with E-state index in [1.165, 1.54) is 27.8 Å². The van der Waals surface area contributed by atoms with Crippen molar-refractivity contribution in [1.82, 2.24) is 19.0 Å². The molecule has 0 unspecified atom stereocenters. The van der Waals surface area contributed by atoms with E-state index in [4.69, 9.17) is 0 Å². The fraction of sp³-hybridized carbons (Fsp3) is 0.421. The number of hydrogen-bond donors (Lipinski definition) is 2. The molecule has 1 aliphatic rings. The van der Waals surface area contributed by atoms with Crippen molar-refractivity contribution in [2.24, 2.45) is 11.3 Å². The quantitative estimate of drug-likeness (QED) is 0.592. The lowest BCUT2D eigenvalue weighted by Gasteiger charge is -2.33. The summed E-state index contributed by atoms with van der Waals surface area (Å²) in [6, 6.07) is 6.62. The molecule has 3 aromatic rings. The lowest BCUT2D eigenvalue weighted by Crippen LogP contribution is -2.41. The molecule has 0 bridgehead atoms. The van der Waals surface area contributed by atoms with Gasteiger partial charge in [0.2, 0.25) is 0 Å². The first-order chi connectivity index (χ1) is 13.6. The number of aromatic nitrogens is 2. The first-order valence-corrected chi connectivity index (χ1v) is 12.3. The number of amides is 1. The summed E-state index contributed by atoms with van der Waals surface area (Å²) in [5, 5.41) is 0. The average Bonchev–Trinajstić information content (AvgIpc) is 3.30. The van der Waals surface area contributed by atoms with E-state index in [-0.39, 0.29) is 10.3 Å². The van der Waals surface area contributed by atoms with Crippen molar-refractivity contribution >= 4 is 50.0 Å². The Morgan fingerprint density at radius 1 is 1.24 bits per heavy atom. The zero-order valence-electron chi connectivity index (χ0n) is 16.4. The number of nitrogens with zero attached hydrogens (tertiary/aromatic N) is 2. The summed E-state index contributed by atoms with van der Waals surface area (Å²) in [6.07, 6.45) is 3.02. The summed E-state index contributed by atoms with van der Waals surface area (Å²) in [4.78, 5) is 16.5. The Kier molecular flexibility index (Phi) is 5.22. The molecule has 7 nitrogen and oxygen atoms in total. The van der Waals surface area contributed by atoms with Gasteiger partial charge in [-0.2, -0.15) is 8.75 Å². The van der Waals surface area contributed by atoms with Crippen molar-refractivity contribution in [3.05, 3.63) is 39.6 Å². The van der Waals surface area contributed by atoms with Gasteiger partial charge in [-0.3, -0.25) is 10.2 Å². The second kappa shape index (κ2) is 7.42. The number of sulfonamides is 1. The number of benzene rings is 1. The van der Waals surface area contributed by atoms with Gasteiger partial charge in [0, 0.05) is 4.88 Å². The van der Waals surface area contributed by atoms with E-state index in [0.717, 1.165) is 31.0 Å². The zero-order valence-corrected chi connectivity index (χ0v) is 18.8. The molecule has 1 amide bonds. The van der Waals surface area contributed by atoms with E-state index in [2.05, 4.69) is 39.8 Å². The Morgan fingerprint density at radius 3 is 2.79 bits per heavy atom. The summed E-state index contributed by atoms with van der Waals surface area (Å²) < 4.78 is 33.4. The van der Waals surface area contributed by atoms with E-state index in [9.17, 15) is 13.2 Å². The monoisotopic (exact) mass is 450 g/mol. The molecule has 0 radical (unpaired) electrons. The molecular weight excluding hydrogens is 428 g/mol. The van der Waals surface area contributed by atoms with Crippen LogP contribution in [-0.4, -0.2) is 23.1 Å². The smallest absolute Gasteiger partial charge is 0.273 e. The first kappa shape index (κ1) is 20.4. The highest BCUT2D eigenvalue weighted by Crippen LogP contribution is 2.40. The van der Waals surface area contributed by atoms with Crippen LogP contribution < -0.4 is 10.3 Å². The molecule has 154 valence electrons. The molecule has 0 saturated heterocycles. The Hall–Kier alpha value is -1.88. The topological polar surface area (TPSA) is 101 Å². The number of hydrogen-bond acceptors (Lipinski definition) is 7. The number of nitrogens with one attached hydrogen (secondary N) is 2. The lowest BCUT2D eigenvalue weighted by atomic mass is 9.72. The van der Waals surface area contributed by atoms with Crippen molar-refractivity contribution in [2.75, 3.05) is 0 Å². The molecule has 1 atom stereocenters. The number of rotatable bonds is 4. The third-order valence-corrected chi connectivity index (χ3v) is 8.43. The standard InChI is InChI=1S/C19H22N4O3S3/c1-19(2,3)12-7-8-14-11(9-12)10-15(27-14)18(24)20-23-29(25,26)16-6-4-5-13-17(16)22-28-21-13/h4-6,10,12,23H,7-9H2,1-3H3,(H,20,24)/t12-/m0/s1. The van der Waals surface area contributed by atoms with Crippen LogP contribution in [0, 0.1) is 11.3 Å². The number of thiophene rings is 1. The maximum absolute atomic E-state index is 12.6. The second-order valence-corrected chi connectivity index (χ2v) is 11.6. The fourth-order valence-electron chi connectivity index (χ4n) is 3.60. The third-order valence-electron chi connectivity index (χ3n) is 5.37. The molecule has 0 saturated carbocycles. The van der Waals surface area contributed by atoms with Crippen LogP contribution in [0.25, 0.3) is 11.0 Å². The summed E-state index contributed by atoms with van der Waals surface area (Å²) in [6.45, 7) is 6.74. The number of carbonyl (C=O) groups excluding carboxylic acids is 1. The van der Waals surface area contributed by atoms with Crippen LogP contribution in [-0.2, 0) is 22.9 Å². The molecule has 29 heavy (non-hydrogen) atoms. The minimum atomic E-state index is -3.96. The van der Waals surface area contributed by atoms with Gasteiger partial charge >= 0.3 is 0 Å². The Labute approximate surface area is 177 Å². The molecule has 1 aliphatic carbocycles. The Bertz CT molecular complexity index is 1170. The second-order valence-electron chi connectivity index (χ2n) is 8.31. The molecule has 0 aliphatic heterocycles. The van der Waals surface area contributed by atoms with Crippen LogP contribution in [0.1, 0.15) is 47.3 Å². The van der Waals surface area contributed by atoms with Crippen molar-refractivity contribution in [1.29, 1.82) is 0 Å². The van der Waals surface area contributed by atoms with Crippen LogP contribution in [0.15, 0.2) is 29.2 Å². The first-order valence-electron chi connectivity index (χ1n) is 9.30. The average molecular weight is 451 g/mol. The lowest BCUT2D eigenvalue weighted by molar-refractivity contribution is 0.0949. The van der Waals surface area contributed by atoms with Crippen LogP contribution in [0.3, 0.4) is 0 Å². The third kappa shape index (κ3) is 4.07. The summed E-state index contributed by atoms with van der Waals surface area (Å²) in [5.41, 5.74) is 4.55. The number of carbonyl (C=O) groups is 1. The maximum Gasteiger partial charge on any atom is 0.276 e. The van der Waals surface area contributed by atoms with Crippen molar-refractivity contribution in [2.45, 2.75) is 44.9 Å². The van der Waals surface area contributed by atoms with E-state index >= 15 is 0 Å². The normalized spacial score (nSPS) is 17.3. The van der Waals surface area contributed by atoms with Crippen LogP contribution in [0.5, 0.6) is 0 Å². The summed E-state index contributed by atoms with van der Waals surface area (Å²) in [5.74, 6) is 0.120. The summed E-state index contributed by atoms with van der Waals surface area (Å²) in [7, 11) is -3.96. The van der Waals surface area contributed by atoms with Crippen LogP contribution in [0.2, 0.25) is 0 Å². The molecule has 2 N–H and O–H groups in total. The largest absolute Gasteiger partial charge is 0.276 e. The van der Waals surface area contributed by atoms with Gasteiger partial charge in [0.15, 0.2) is 0 Å². The van der Waals surface area contributed by atoms with Gasteiger partial charge in [0.1, 0.15) is 15.9 Å². The number of aryl methyl sites for hydroxylation is 1. The number of fused-ring (bicyclic) bond motifs is 2. The predicted octanol–water partition coefficient (Wildman–Crippen LogP) is 3.53. The van der Waals surface area contributed by atoms with Crippen LogP contribution >= 0.6 is 23.1 Å². The predicted molar refractivity (Wildman–Crippen MR) is 114 cm³/mol. The molecular formula is C19H22N4O3S3. The zero-order chi connectivity index (χ0) is 20.8. The highest BCUT2D eigenvalue weighted by atomic mass is 32.2. The van der Waals surface area contributed by atoms with Gasteiger partial charge in [-0.1, -0.05) is 26.8 Å². The van der Waals surface area contributed by atoms with Crippen molar-refractivity contribution in [3.8, 4) is 0 Å². The van der Waals surface area contributed by atoms with Gasteiger partial charge in [-0.25, -0.2) is 8.42 Å². The molecule has 2 heterocycles. The van der Waals surface area contributed by atoms with E-state index < -0.39 is 15.9 Å². The Morgan fingerprint density at radius 2 is 2.03 bits per heavy atom. The molecule has 10 heteroatoms. The molecule has 4 rings (SSSR count). The van der Waals surface area contributed by atoms with Gasteiger partial charge in [0.05, 0.1) is 16.6 Å². The fourth-order valence-corrected chi connectivity index (χ4v) is 6.31. The SMILES string of the molecule is CC(C)(C)[C@H]1CCc2sc(C(=O)NNS(=O)(=O)c3cccc4nsnc34)cc2C1.